The van der Waals surface area contributed by atoms with E-state index in [1.807, 2.05) is 43.5 Å². The summed E-state index contributed by atoms with van der Waals surface area (Å²) in [5.74, 6) is -0.494. The summed E-state index contributed by atoms with van der Waals surface area (Å²) in [6.45, 7) is 8.11. The zero-order valence-electron chi connectivity index (χ0n) is 21.2. The van der Waals surface area contributed by atoms with Gasteiger partial charge in [-0.3, -0.25) is 4.79 Å². The quantitative estimate of drug-likeness (QED) is 0.396. The number of ether oxygens (including phenoxy) is 3. The number of hydrogen-bond donors (Lipinski definition) is 1. The summed E-state index contributed by atoms with van der Waals surface area (Å²) in [5.41, 5.74) is 4.92. The molecule has 0 radical (unpaired) electrons. The Kier molecular flexibility index (Phi) is 7.91. The van der Waals surface area contributed by atoms with E-state index in [-0.39, 0.29) is 17.6 Å². The molecule has 1 aromatic heterocycles. The fourth-order valence-corrected chi connectivity index (χ4v) is 4.60. The lowest BCUT2D eigenvalue weighted by molar-refractivity contribution is 0.0636. The van der Waals surface area contributed by atoms with Gasteiger partial charge < -0.3 is 23.9 Å². The lowest BCUT2D eigenvalue weighted by Gasteiger charge is -2.31. The maximum absolute atomic E-state index is 12.7. The molecular weight excluding hydrogens is 458 g/mol. The van der Waals surface area contributed by atoms with Crippen molar-refractivity contribution in [3.8, 4) is 28.1 Å². The van der Waals surface area contributed by atoms with E-state index in [1.165, 1.54) is 12.3 Å². The number of aryl methyl sites for hydroxylation is 1. The molecular formula is C29H33NO6. The zero-order chi connectivity index (χ0) is 25.8. The van der Waals surface area contributed by atoms with Crippen LogP contribution in [0.2, 0.25) is 0 Å². The largest absolute Gasteiger partial charge is 0.493 e. The Morgan fingerprint density at radius 2 is 1.94 bits per heavy atom. The molecule has 0 aliphatic carbocycles. The van der Waals surface area contributed by atoms with Gasteiger partial charge in [0.25, 0.3) is 0 Å². The third-order valence-corrected chi connectivity index (χ3v) is 6.35. The Hall–Kier alpha value is -3.42. The van der Waals surface area contributed by atoms with Crippen LogP contribution in [0.1, 0.15) is 47.7 Å². The number of benzene rings is 2. The van der Waals surface area contributed by atoms with Gasteiger partial charge in [0, 0.05) is 56.0 Å². The van der Waals surface area contributed by atoms with E-state index < -0.39 is 11.4 Å². The molecule has 0 bridgehead atoms. The van der Waals surface area contributed by atoms with Crippen LogP contribution in [0, 0.1) is 6.92 Å². The molecule has 1 N–H and O–H groups in total. The fourth-order valence-electron chi connectivity index (χ4n) is 4.60. The molecule has 7 heteroatoms. The van der Waals surface area contributed by atoms with Crippen molar-refractivity contribution < 1.29 is 24.1 Å². The standard InChI is InChI=1S/C29H33NO6/c1-18(2)36-17-21-15-30-16-25(29(32)33)27(31)14-26(30)24-12-23(20-8-5-7-19(3)11-20)28(13-22(21)24)35-10-6-9-34-4/h5,7-8,11-14,16,18,21H,6,9-10,15,17H2,1-4H3,(H,32,33)/t21-/m1/s1. The molecule has 0 spiro atoms. The maximum Gasteiger partial charge on any atom is 0.341 e. The maximum atomic E-state index is 12.7. The number of hydrogen-bond acceptors (Lipinski definition) is 5. The second-order valence-electron chi connectivity index (χ2n) is 9.47. The number of carboxylic acid groups (broad SMARTS) is 1. The van der Waals surface area contributed by atoms with E-state index >= 15 is 0 Å². The number of aromatic nitrogens is 1. The van der Waals surface area contributed by atoms with Crippen LogP contribution >= 0.6 is 0 Å². The van der Waals surface area contributed by atoms with Gasteiger partial charge in [0.1, 0.15) is 11.3 Å². The van der Waals surface area contributed by atoms with Crippen LogP contribution in [0.25, 0.3) is 22.4 Å². The number of rotatable bonds is 10. The van der Waals surface area contributed by atoms with Crippen LogP contribution < -0.4 is 10.2 Å². The average Bonchev–Trinajstić information content (AvgIpc) is 2.84. The normalized spacial score (nSPS) is 14.4. The highest BCUT2D eigenvalue weighted by Gasteiger charge is 2.28. The number of carbonyl (C=O) groups is 1. The van der Waals surface area contributed by atoms with Gasteiger partial charge in [-0.1, -0.05) is 29.8 Å². The number of pyridine rings is 1. The minimum absolute atomic E-state index is 0.0352. The van der Waals surface area contributed by atoms with Gasteiger partial charge in [0.2, 0.25) is 0 Å². The Morgan fingerprint density at radius 3 is 2.64 bits per heavy atom. The summed E-state index contributed by atoms with van der Waals surface area (Å²) in [6, 6.07) is 13.8. The van der Waals surface area contributed by atoms with Crippen molar-refractivity contribution >= 4 is 5.97 Å². The molecule has 2 aromatic carbocycles. The minimum atomic E-state index is -1.23. The number of methoxy groups -OCH3 is 1. The molecule has 190 valence electrons. The van der Waals surface area contributed by atoms with E-state index in [9.17, 15) is 14.7 Å². The Morgan fingerprint density at radius 1 is 1.14 bits per heavy atom. The lowest BCUT2D eigenvalue weighted by atomic mass is 9.86. The topological polar surface area (TPSA) is 87.0 Å². The molecule has 0 saturated carbocycles. The lowest BCUT2D eigenvalue weighted by Crippen LogP contribution is -2.27. The second kappa shape index (κ2) is 11.1. The van der Waals surface area contributed by atoms with Crippen molar-refractivity contribution in [2.75, 3.05) is 26.9 Å². The summed E-state index contributed by atoms with van der Waals surface area (Å²) < 4.78 is 19.3. The number of carboxylic acids is 1. The van der Waals surface area contributed by atoms with E-state index in [4.69, 9.17) is 14.2 Å². The number of aromatic carboxylic acids is 1. The summed E-state index contributed by atoms with van der Waals surface area (Å²) >= 11 is 0. The van der Waals surface area contributed by atoms with E-state index in [0.29, 0.717) is 32.1 Å². The summed E-state index contributed by atoms with van der Waals surface area (Å²) in [5, 5.41) is 9.52. The Labute approximate surface area is 211 Å². The molecule has 36 heavy (non-hydrogen) atoms. The van der Waals surface area contributed by atoms with Gasteiger partial charge in [0.15, 0.2) is 5.43 Å². The predicted molar refractivity (Wildman–Crippen MR) is 139 cm³/mol. The molecule has 1 atom stereocenters. The highest BCUT2D eigenvalue weighted by molar-refractivity contribution is 5.88. The van der Waals surface area contributed by atoms with E-state index in [0.717, 1.165) is 40.0 Å². The van der Waals surface area contributed by atoms with Crippen LogP contribution in [0.3, 0.4) is 0 Å². The van der Waals surface area contributed by atoms with Crippen LogP contribution in [-0.2, 0) is 16.0 Å². The molecule has 0 unspecified atom stereocenters. The van der Waals surface area contributed by atoms with Crippen molar-refractivity contribution in [3.63, 3.8) is 0 Å². The molecule has 0 amide bonds. The first-order chi connectivity index (χ1) is 17.3. The van der Waals surface area contributed by atoms with Gasteiger partial charge in [-0.05, 0) is 44.0 Å². The molecule has 2 heterocycles. The molecule has 1 aliphatic rings. The highest BCUT2D eigenvalue weighted by Crippen LogP contribution is 2.43. The number of fused-ring (bicyclic) bond motifs is 3. The first-order valence-corrected chi connectivity index (χ1v) is 12.2. The summed E-state index contributed by atoms with van der Waals surface area (Å²) in [7, 11) is 1.67. The van der Waals surface area contributed by atoms with E-state index in [1.54, 1.807) is 7.11 Å². The minimum Gasteiger partial charge on any atom is -0.493 e. The average molecular weight is 492 g/mol. The van der Waals surface area contributed by atoms with Gasteiger partial charge in [-0.25, -0.2) is 4.79 Å². The van der Waals surface area contributed by atoms with Crippen LogP contribution in [0.15, 0.2) is 53.5 Å². The Bertz CT molecular complexity index is 1310. The van der Waals surface area contributed by atoms with Crippen molar-refractivity contribution in [1.29, 1.82) is 0 Å². The van der Waals surface area contributed by atoms with Crippen LogP contribution in [-0.4, -0.2) is 48.7 Å². The van der Waals surface area contributed by atoms with Crippen molar-refractivity contribution in [3.05, 3.63) is 75.6 Å². The molecule has 7 nitrogen and oxygen atoms in total. The molecule has 0 fully saturated rings. The smallest absolute Gasteiger partial charge is 0.341 e. The van der Waals surface area contributed by atoms with E-state index in [2.05, 4.69) is 18.2 Å². The van der Waals surface area contributed by atoms with Crippen LogP contribution in [0.4, 0.5) is 0 Å². The fraction of sp³-hybridized carbons (Fsp3) is 0.379. The van der Waals surface area contributed by atoms with Crippen molar-refractivity contribution in [2.24, 2.45) is 0 Å². The van der Waals surface area contributed by atoms with Gasteiger partial charge in [-0.2, -0.15) is 0 Å². The molecule has 4 rings (SSSR count). The van der Waals surface area contributed by atoms with Gasteiger partial charge in [-0.15, -0.1) is 0 Å². The third-order valence-electron chi connectivity index (χ3n) is 6.35. The van der Waals surface area contributed by atoms with Gasteiger partial charge >= 0.3 is 5.97 Å². The number of nitrogens with zero attached hydrogens (tertiary/aromatic N) is 1. The molecule has 1 aliphatic heterocycles. The summed E-state index contributed by atoms with van der Waals surface area (Å²) in [6.07, 6.45) is 2.26. The third kappa shape index (κ3) is 5.53. The second-order valence-corrected chi connectivity index (χ2v) is 9.47. The SMILES string of the molecule is COCCCOc1cc2c(cc1-c1cccc(C)c1)-c1cc(=O)c(C(=O)O)cn1C[C@@H]2COC(C)C. The Balaban J connectivity index is 1.90. The predicted octanol–water partition coefficient (Wildman–Crippen LogP) is 5.13. The first-order valence-electron chi connectivity index (χ1n) is 12.2. The van der Waals surface area contributed by atoms with Crippen LogP contribution in [0.5, 0.6) is 5.75 Å². The molecule has 0 saturated heterocycles. The van der Waals surface area contributed by atoms with Crippen molar-refractivity contribution in [1.82, 2.24) is 4.57 Å². The first kappa shape index (κ1) is 25.7. The zero-order valence-corrected chi connectivity index (χ0v) is 21.2. The summed E-state index contributed by atoms with van der Waals surface area (Å²) in [4.78, 5) is 24.3. The monoisotopic (exact) mass is 491 g/mol. The van der Waals surface area contributed by atoms with Gasteiger partial charge in [0.05, 0.1) is 25.0 Å². The van der Waals surface area contributed by atoms with Crippen molar-refractivity contribution in [2.45, 2.75) is 45.8 Å². The highest BCUT2D eigenvalue weighted by atomic mass is 16.5. The molecule has 3 aromatic rings.